The lowest BCUT2D eigenvalue weighted by atomic mass is 10.3. The van der Waals surface area contributed by atoms with E-state index in [0.717, 1.165) is 52.7 Å². The molecule has 1 fully saturated rings. The molecule has 4 heterocycles. The van der Waals surface area contributed by atoms with Crippen LogP contribution in [0.2, 0.25) is 0 Å². The van der Waals surface area contributed by atoms with E-state index in [1.165, 1.54) is 0 Å². The lowest BCUT2D eigenvalue weighted by molar-refractivity contribution is 0.640. The van der Waals surface area contributed by atoms with E-state index in [1.807, 2.05) is 13.0 Å². The van der Waals surface area contributed by atoms with Gasteiger partial charge in [0, 0.05) is 26.2 Å². The Bertz CT molecular complexity index is 760. The van der Waals surface area contributed by atoms with Gasteiger partial charge in [0.1, 0.15) is 10.7 Å². The van der Waals surface area contributed by atoms with Crippen LogP contribution in [0.25, 0.3) is 10.6 Å². The monoisotopic (exact) mass is 344 g/mol. The van der Waals surface area contributed by atoms with Crippen molar-refractivity contribution in [3.8, 4) is 10.6 Å². The van der Waals surface area contributed by atoms with E-state index in [0.29, 0.717) is 0 Å². The molecule has 0 bridgehead atoms. The zero-order valence-corrected chi connectivity index (χ0v) is 14.3. The van der Waals surface area contributed by atoms with Gasteiger partial charge in [-0.2, -0.15) is 0 Å². The van der Waals surface area contributed by atoms with Crippen LogP contribution in [0.5, 0.6) is 0 Å². The van der Waals surface area contributed by atoms with Crippen LogP contribution in [-0.2, 0) is 0 Å². The first-order chi connectivity index (χ1) is 11.3. The summed E-state index contributed by atoms with van der Waals surface area (Å²) in [4.78, 5) is 5.71. The highest BCUT2D eigenvalue weighted by Crippen LogP contribution is 2.25. The fourth-order valence-corrected chi connectivity index (χ4v) is 4.02. The van der Waals surface area contributed by atoms with Crippen LogP contribution in [0.15, 0.2) is 29.6 Å². The Kier molecular flexibility index (Phi) is 3.92. The predicted octanol–water partition coefficient (Wildman–Crippen LogP) is 2.69. The lowest BCUT2D eigenvalue weighted by Crippen LogP contribution is -2.46. The maximum Gasteiger partial charge on any atom is 0.208 e. The van der Waals surface area contributed by atoms with E-state index in [-0.39, 0.29) is 0 Å². The Hall–Kier alpha value is -2.06. The molecule has 1 aliphatic rings. The van der Waals surface area contributed by atoms with Crippen LogP contribution in [0.3, 0.4) is 0 Å². The topological polar surface area (TPSA) is 58.0 Å². The van der Waals surface area contributed by atoms with Gasteiger partial charge < -0.3 is 9.80 Å². The number of aryl methyl sites for hydroxylation is 1. The highest BCUT2D eigenvalue weighted by molar-refractivity contribution is 7.15. The van der Waals surface area contributed by atoms with Crippen molar-refractivity contribution in [1.82, 2.24) is 20.4 Å². The largest absolute Gasteiger partial charge is 0.352 e. The Morgan fingerprint density at radius 2 is 1.74 bits per heavy atom. The van der Waals surface area contributed by atoms with Gasteiger partial charge in [0.05, 0.1) is 4.88 Å². The van der Waals surface area contributed by atoms with Crippen LogP contribution in [0, 0.1) is 6.92 Å². The molecular formula is C15H16N6S2. The van der Waals surface area contributed by atoms with E-state index >= 15 is 0 Å². The number of piperazine rings is 1. The third kappa shape index (κ3) is 3.04. The highest BCUT2D eigenvalue weighted by Gasteiger charge is 2.20. The summed E-state index contributed by atoms with van der Waals surface area (Å²) in [7, 11) is 0. The Morgan fingerprint density at radius 1 is 0.913 bits per heavy atom. The maximum atomic E-state index is 4.40. The Labute approximate surface area is 142 Å². The van der Waals surface area contributed by atoms with Crippen molar-refractivity contribution in [2.75, 3.05) is 36.0 Å². The minimum Gasteiger partial charge on any atom is -0.352 e. The van der Waals surface area contributed by atoms with Crippen molar-refractivity contribution in [3.63, 3.8) is 0 Å². The number of thiophene rings is 1. The minimum absolute atomic E-state index is 0.922. The van der Waals surface area contributed by atoms with E-state index in [9.17, 15) is 0 Å². The molecule has 3 aromatic heterocycles. The molecule has 0 aliphatic carbocycles. The van der Waals surface area contributed by atoms with E-state index in [4.69, 9.17) is 0 Å². The van der Waals surface area contributed by atoms with E-state index < -0.39 is 0 Å². The molecule has 0 aromatic carbocycles. The summed E-state index contributed by atoms with van der Waals surface area (Å²) in [5.74, 6) is 0.943. The van der Waals surface area contributed by atoms with E-state index in [2.05, 4.69) is 53.8 Å². The molecule has 0 radical (unpaired) electrons. The van der Waals surface area contributed by atoms with Gasteiger partial charge in [-0.05, 0) is 30.5 Å². The SMILES string of the molecule is Cc1nnc(N2CCN(c3ccc(-c4cccs4)nn3)CC2)s1. The van der Waals surface area contributed by atoms with Crippen LogP contribution < -0.4 is 9.80 Å². The van der Waals surface area contributed by atoms with Crippen molar-refractivity contribution in [2.45, 2.75) is 6.92 Å². The molecule has 1 saturated heterocycles. The van der Waals surface area contributed by atoms with Crippen molar-refractivity contribution in [3.05, 3.63) is 34.7 Å². The first-order valence-corrected chi connectivity index (χ1v) is 9.17. The second-order valence-corrected chi connectivity index (χ2v) is 7.44. The molecule has 3 aromatic rings. The minimum atomic E-state index is 0.922. The summed E-state index contributed by atoms with van der Waals surface area (Å²) >= 11 is 3.33. The molecule has 118 valence electrons. The molecule has 0 unspecified atom stereocenters. The fourth-order valence-electron chi connectivity index (χ4n) is 2.59. The summed E-state index contributed by atoms with van der Waals surface area (Å²) in [5.41, 5.74) is 0.937. The summed E-state index contributed by atoms with van der Waals surface area (Å²) in [6.45, 7) is 5.70. The van der Waals surface area contributed by atoms with Crippen molar-refractivity contribution >= 4 is 33.6 Å². The average molecular weight is 344 g/mol. The van der Waals surface area contributed by atoms with E-state index in [1.54, 1.807) is 22.7 Å². The van der Waals surface area contributed by atoms with Gasteiger partial charge in [0.15, 0.2) is 5.82 Å². The molecule has 6 nitrogen and oxygen atoms in total. The average Bonchev–Trinajstić information content (AvgIpc) is 3.27. The van der Waals surface area contributed by atoms with Crippen LogP contribution in [0.4, 0.5) is 10.9 Å². The van der Waals surface area contributed by atoms with Gasteiger partial charge in [0.2, 0.25) is 5.13 Å². The quantitative estimate of drug-likeness (QED) is 0.728. The number of hydrogen-bond acceptors (Lipinski definition) is 8. The zero-order chi connectivity index (χ0) is 15.6. The molecule has 0 amide bonds. The molecule has 4 rings (SSSR count). The van der Waals surface area contributed by atoms with Gasteiger partial charge in [-0.15, -0.1) is 31.7 Å². The molecule has 23 heavy (non-hydrogen) atoms. The molecule has 0 atom stereocenters. The molecular weight excluding hydrogens is 328 g/mol. The predicted molar refractivity (Wildman–Crippen MR) is 94.4 cm³/mol. The van der Waals surface area contributed by atoms with Gasteiger partial charge in [0.25, 0.3) is 0 Å². The summed E-state index contributed by atoms with van der Waals surface area (Å²) in [6, 6.07) is 8.21. The van der Waals surface area contributed by atoms with Crippen molar-refractivity contribution in [1.29, 1.82) is 0 Å². The van der Waals surface area contributed by atoms with Crippen LogP contribution in [0.1, 0.15) is 5.01 Å². The molecule has 0 saturated carbocycles. The summed E-state index contributed by atoms with van der Waals surface area (Å²) < 4.78 is 0. The summed E-state index contributed by atoms with van der Waals surface area (Å²) in [5, 5.41) is 21.2. The lowest BCUT2D eigenvalue weighted by Gasteiger charge is -2.34. The third-order valence-electron chi connectivity index (χ3n) is 3.81. The van der Waals surface area contributed by atoms with Gasteiger partial charge in [-0.1, -0.05) is 17.4 Å². The standard InChI is InChI=1S/C15H16N6S2/c1-11-16-19-15(23-11)21-8-6-20(7-9-21)14-5-4-12(17-18-14)13-3-2-10-22-13/h2-5,10H,6-9H2,1H3. The summed E-state index contributed by atoms with van der Waals surface area (Å²) in [6.07, 6.45) is 0. The second-order valence-electron chi connectivity index (χ2n) is 5.33. The highest BCUT2D eigenvalue weighted by atomic mass is 32.1. The fraction of sp³-hybridized carbons (Fsp3) is 0.333. The van der Waals surface area contributed by atoms with Crippen molar-refractivity contribution < 1.29 is 0 Å². The molecule has 1 aliphatic heterocycles. The Balaban J connectivity index is 1.42. The van der Waals surface area contributed by atoms with Crippen molar-refractivity contribution in [2.24, 2.45) is 0 Å². The zero-order valence-electron chi connectivity index (χ0n) is 12.7. The van der Waals surface area contributed by atoms with Gasteiger partial charge in [-0.3, -0.25) is 0 Å². The van der Waals surface area contributed by atoms with Crippen LogP contribution in [-0.4, -0.2) is 46.6 Å². The number of rotatable bonds is 3. The second kappa shape index (κ2) is 6.21. The maximum absolute atomic E-state index is 4.40. The van der Waals surface area contributed by atoms with Gasteiger partial charge in [-0.25, -0.2) is 0 Å². The van der Waals surface area contributed by atoms with Gasteiger partial charge >= 0.3 is 0 Å². The Morgan fingerprint density at radius 3 is 2.35 bits per heavy atom. The third-order valence-corrected chi connectivity index (χ3v) is 5.61. The molecule has 0 spiro atoms. The first kappa shape index (κ1) is 14.5. The van der Waals surface area contributed by atoms with Crippen LogP contribution >= 0.6 is 22.7 Å². The number of anilines is 2. The first-order valence-electron chi connectivity index (χ1n) is 7.47. The normalized spacial score (nSPS) is 15.2. The number of hydrogen-bond donors (Lipinski definition) is 0. The number of nitrogens with zero attached hydrogens (tertiary/aromatic N) is 6. The smallest absolute Gasteiger partial charge is 0.208 e. The molecule has 0 N–H and O–H groups in total. The molecule has 8 heteroatoms. The number of aromatic nitrogens is 4.